The monoisotopic (exact) mass is 245 g/mol. The molecule has 0 aliphatic carbocycles. The van der Waals surface area contributed by atoms with Gasteiger partial charge in [-0.2, -0.15) is 0 Å². The molecular weight excluding hydrogens is 234 g/mol. The van der Waals surface area contributed by atoms with Crippen molar-refractivity contribution in [3.8, 4) is 22.8 Å². The lowest BCUT2D eigenvalue weighted by Crippen LogP contribution is -1.97. The highest BCUT2D eigenvalue weighted by molar-refractivity contribution is 5.92. The van der Waals surface area contributed by atoms with Crippen molar-refractivity contribution in [2.24, 2.45) is 0 Å². The van der Waals surface area contributed by atoms with Crippen LogP contribution in [0.2, 0.25) is 0 Å². The van der Waals surface area contributed by atoms with Crippen LogP contribution < -0.4 is 4.74 Å². The molecule has 2 N–H and O–H groups in total. The van der Waals surface area contributed by atoms with Crippen molar-refractivity contribution in [2.45, 2.75) is 0 Å². The number of aromatic nitrogens is 1. The third-order valence-corrected chi connectivity index (χ3v) is 2.51. The van der Waals surface area contributed by atoms with E-state index in [9.17, 15) is 9.90 Å². The van der Waals surface area contributed by atoms with Crippen molar-refractivity contribution < 1.29 is 19.7 Å². The zero-order valence-corrected chi connectivity index (χ0v) is 9.62. The average molecular weight is 245 g/mol. The van der Waals surface area contributed by atoms with Gasteiger partial charge in [-0.25, -0.2) is 9.78 Å². The van der Waals surface area contributed by atoms with Gasteiger partial charge in [0.05, 0.1) is 7.11 Å². The molecule has 0 unspecified atom stereocenters. The molecule has 1 aromatic carbocycles. The van der Waals surface area contributed by atoms with Crippen molar-refractivity contribution in [1.82, 2.24) is 4.98 Å². The number of hydrogen-bond acceptors (Lipinski definition) is 4. The van der Waals surface area contributed by atoms with Crippen molar-refractivity contribution in [2.75, 3.05) is 7.11 Å². The summed E-state index contributed by atoms with van der Waals surface area (Å²) in [5.41, 5.74) is 1.28. The zero-order chi connectivity index (χ0) is 13.1. The molecule has 1 aromatic heterocycles. The molecule has 0 aliphatic rings. The number of carboxylic acids is 1. The Morgan fingerprint density at radius 1 is 1.22 bits per heavy atom. The van der Waals surface area contributed by atoms with Crippen molar-refractivity contribution in [1.29, 1.82) is 0 Å². The number of nitrogens with zero attached hydrogens (tertiary/aromatic N) is 1. The maximum absolute atomic E-state index is 10.9. The fourth-order valence-electron chi connectivity index (χ4n) is 1.56. The number of carboxylic acid groups (broad SMARTS) is 1. The van der Waals surface area contributed by atoms with Crippen LogP contribution in [0.25, 0.3) is 11.1 Å². The first-order chi connectivity index (χ1) is 8.61. The molecule has 5 heteroatoms. The number of aromatic hydroxyl groups is 1. The summed E-state index contributed by atoms with van der Waals surface area (Å²) < 4.78 is 4.94. The van der Waals surface area contributed by atoms with Crippen LogP contribution in [0.15, 0.2) is 36.5 Å². The van der Waals surface area contributed by atoms with Gasteiger partial charge in [-0.15, -0.1) is 0 Å². The minimum atomic E-state index is -1.17. The van der Waals surface area contributed by atoms with E-state index in [4.69, 9.17) is 9.84 Å². The summed E-state index contributed by atoms with van der Waals surface area (Å²) in [5.74, 6) is -0.945. The molecule has 0 bridgehead atoms. The van der Waals surface area contributed by atoms with Gasteiger partial charge in [0.2, 0.25) is 5.88 Å². The van der Waals surface area contributed by atoms with Crippen molar-refractivity contribution >= 4 is 5.97 Å². The number of benzene rings is 1. The molecule has 0 aliphatic heterocycles. The highest BCUT2D eigenvalue weighted by Gasteiger charge is 2.11. The van der Waals surface area contributed by atoms with Gasteiger partial charge in [0.25, 0.3) is 0 Å². The lowest BCUT2D eigenvalue weighted by Gasteiger charge is -2.05. The van der Waals surface area contributed by atoms with Crippen LogP contribution in [0.3, 0.4) is 0 Å². The molecule has 0 saturated heterocycles. The smallest absolute Gasteiger partial charge is 0.339 e. The summed E-state index contributed by atoms with van der Waals surface area (Å²) >= 11 is 0. The van der Waals surface area contributed by atoms with E-state index in [-0.39, 0.29) is 11.3 Å². The van der Waals surface area contributed by atoms with Crippen molar-refractivity contribution in [3.05, 3.63) is 42.1 Å². The molecule has 0 atom stereocenters. The minimum absolute atomic E-state index is 0.136. The van der Waals surface area contributed by atoms with Gasteiger partial charge < -0.3 is 14.9 Å². The predicted molar refractivity (Wildman–Crippen MR) is 64.8 cm³/mol. The molecule has 2 rings (SSSR count). The van der Waals surface area contributed by atoms with Gasteiger partial charge in [0, 0.05) is 17.8 Å². The molecule has 92 valence electrons. The van der Waals surface area contributed by atoms with Crippen molar-refractivity contribution in [3.63, 3.8) is 0 Å². The lowest BCUT2D eigenvalue weighted by molar-refractivity contribution is 0.0694. The first kappa shape index (κ1) is 11.9. The van der Waals surface area contributed by atoms with E-state index < -0.39 is 5.97 Å². The van der Waals surface area contributed by atoms with E-state index in [1.165, 1.54) is 19.2 Å². The van der Waals surface area contributed by atoms with E-state index in [0.29, 0.717) is 11.4 Å². The number of ether oxygens (including phenoxy) is 1. The van der Waals surface area contributed by atoms with Gasteiger partial charge in [-0.05, 0) is 23.8 Å². The molecule has 0 amide bonds. The quantitative estimate of drug-likeness (QED) is 0.866. The number of hydrogen-bond donors (Lipinski definition) is 2. The zero-order valence-electron chi connectivity index (χ0n) is 9.62. The van der Waals surface area contributed by atoms with Crippen LogP contribution in [-0.2, 0) is 0 Å². The Balaban J connectivity index is 2.44. The topological polar surface area (TPSA) is 79.7 Å². The summed E-state index contributed by atoms with van der Waals surface area (Å²) in [4.78, 5) is 14.9. The fourth-order valence-corrected chi connectivity index (χ4v) is 1.56. The number of carbonyl (C=O) groups is 1. The Morgan fingerprint density at radius 2 is 1.94 bits per heavy atom. The lowest BCUT2D eigenvalue weighted by atomic mass is 10.0. The van der Waals surface area contributed by atoms with Gasteiger partial charge in [-0.1, -0.05) is 6.07 Å². The van der Waals surface area contributed by atoms with Crippen LogP contribution in [0.5, 0.6) is 11.6 Å². The van der Waals surface area contributed by atoms with Gasteiger partial charge in [0.1, 0.15) is 11.3 Å². The number of phenols is 1. The van der Waals surface area contributed by atoms with Gasteiger partial charge >= 0.3 is 5.97 Å². The van der Waals surface area contributed by atoms with Gasteiger partial charge in [-0.3, -0.25) is 0 Å². The highest BCUT2D eigenvalue weighted by atomic mass is 16.5. The summed E-state index contributed by atoms with van der Waals surface area (Å²) in [6.07, 6.45) is 1.58. The first-order valence-electron chi connectivity index (χ1n) is 5.18. The second kappa shape index (κ2) is 4.75. The summed E-state index contributed by atoms with van der Waals surface area (Å²) in [6.45, 7) is 0. The summed E-state index contributed by atoms with van der Waals surface area (Å²) in [7, 11) is 1.52. The second-order valence-corrected chi connectivity index (χ2v) is 3.63. The van der Waals surface area contributed by atoms with E-state index in [1.807, 2.05) is 0 Å². The number of aromatic carboxylic acids is 1. The molecule has 0 fully saturated rings. The van der Waals surface area contributed by atoms with Crippen LogP contribution in [0.4, 0.5) is 0 Å². The Labute approximate surface area is 103 Å². The normalized spacial score (nSPS) is 10.1. The average Bonchev–Trinajstić information content (AvgIpc) is 2.39. The van der Waals surface area contributed by atoms with Crippen LogP contribution >= 0.6 is 0 Å². The molecule has 18 heavy (non-hydrogen) atoms. The van der Waals surface area contributed by atoms with E-state index in [1.54, 1.807) is 24.4 Å². The number of pyridine rings is 1. The maximum Gasteiger partial charge on any atom is 0.339 e. The Bertz CT molecular complexity index is 578. The Hall–Kier alpha value is -2.56. The maximum atomic E-state index is 10.9. The number of methoxy groups -OCH3 is 1. The molecule has 2 aromatic rings. The van der Waals surface area contributed by atoms with Crippen LogP contribution in [0, 0.1) is 0 Å². The second-order valence-electron chi connectivity index (χ2n) is 3.63. The molecule has 0 saturated carbocycles. The largest absolute Gasteiger partial charge is 0.507 e. The highest BCUT2D eigenvalue weighted by Crippen LogP contribution is 2.26. The molecule has 5 nitrogen and oxygen atoms in total. The van der Waals surface area contributed by atoms with E-state index >= 15 is 0 Å². The molecular formula is C13H11NO4. The van der Waals surface area contributed by atoms with Crippen LogP contribution in [-0.4, -0.2) is 28.3 Å². The molecule has 0 spiro atoms. The predicted octanol–water partition coefficient (Wildman–Crippen LogP) is 2.16. The SMILES string of the molecule is COc1ccc(-c2ccc(O)c(C(=O)O)c2)cn1. The molecule has 0 radical (unpaired) electrons. The minimum Gasteiger partial charge on any atom is -0.507 e. The van der Waals surface area contributed by atoms with E-state index in [2.05, 4.69) is 4.98 Å². The standard InChI is InChI=1S/C13H11NO4/c1-18-12-5-3-9(7-14-12)8-2-4-11(15)10(6-8)13(16)17/h2-7,15H,1H3,(H,16,17). The third kappa shape index (κ3) is 2.24. The summed E-state index contributed by atoms with van der Waals surface area (Å²) in [5, 5.41) is 18.3. The van der Waals surface area contributed by atoms with Crippen LogP contribution in [0.1, 0.15) is 10.4 Å². The van der Waals surface area contributed by atoms with Gasteiger partial charge in [0.15, 0.2) is 0 Å². The third-order valence-electron chi connectivity index (χ3n) is 2.51. The Kier molecular flexibility index (Phi) is 3.14. The summed E-state index contributed by atoms with van der Waals surface area (Å²) in [6, 6.07) is 7.84. The Morgan fingerprint density at radius 3 is 2.50 bits per heavy atom. The van der Waals surface area contributed by atoms with E-state index in [0.717, 1.165) is 5.56 Å². The molecule has 1 heterocycles. The fraction of sp³-hybridized carbons (Fsp3) is 0.0769. The first-order valence-corrected chi connectivity index (χ1v) is 5.18. The number of rotatable bonds is 3.